The number of carbonyl (C=O) groups excluding carboxylic acids is 2. The molecule has 3 N–H and O–H groups in total. The number of aromatic nitrogens is 1. The second kappa shape index (κ2) is 8.19. The maximum absolute atomic E-state index is 12.2. The van der Waals surface area contributed by atoms with E-state index in [1.807, 2.05) is 0 Å². The van der Waals surface area contributed by atoms with Crippen LogP contribution in [0.3, 0.4) is 0 Å². The van der Waals surface area contributed by atoms with Crippen LogP contribution in [0.4, 0.5) is 0 Å². The number of nitrogens with two attached hydrogens (primary N) is 1. The molecular weight excluding hydrogens is 340 g/mol. The molecular formula is C17H20N4O3S. The molecule has 0 spiro atoms. The van der Waals surface area contributed by atoms with E-state index in [1.54, 1.807) is 30.5 Å². The second-order valence-corrected chi connectivity index (χ2v) is 6.71. The smallest absolute Gasteiger partial charge is 0.263 e. The van der Waals surface area contributed by atoms with Gasteiger partial charge in [-0.15, -0.1) is 11.3 Å². The number of morpholine rings is 1. The van der Waals surface area contributed by atoms with Crippen LogP contribution < -0.4 is 11.1 Å². The summed E-state index contributed by atoms with van der Waals surface area (Å²) in [7, 11) is 0. The Bertz CT molecular complexity index is 739. The van der Waals surface area contributed by atoms with Gasteiger partial charge in [0.15, 0.2) is 0 Å². The van der Waals surface area contributed by atoms with Crippen molar-refractivity contribution in [3.05, 3.63) is 40.9 Å². The summed E-state index contributed by atoms with van der Waals surface area (Å²) in [5.41, 5.74) is 6.53. The third kappa shape index (κ3) is 4.62. The van der Waals surface area contributed by atoms with E-state index in [1.165, 1.54) is 11.3 Å². The Hall–Kier alpha value is -2.29. The Labute approximate surface area is 149 Å². The molecule has 2 heterocycles. The number of hydrogen-bond acceptors (Lipinski definition) is 6. The molecule has 132 valence electrons. The Morgan fingerprint density at radius 3 is 2.64 bits per heavy atom. The molecule has 1 aliphatic heterocycles. The number of primary amides is 1. The number of carbonyl (C=O) groups is 2. The number of hydrogen-bond donors (Lipinski definition) is 2. The highest BCUT2D eigenvalue weighted by Crippen LogP contribution is 2.25. The van der Waals surface area contributed by atoms with E-state index < -0.39 is 5.91 Å². The Balaban J connectivity index is 1.54. The van der Waals surface area contributed by atoms with E-state index in [4.69, 9.17) is 10.5 Å². The summed E-state index contributed by atoms with van der Waals surface area (Å²) in [4.78, 5) is 30.5. The van der Waals surface area contributed by atoms with E-state index in [0.717, 1.165) is 43.4 Å². The van der Waals surface area contributed by atoms with Crippen molar-refractivity contribution in [2.24, 2.45) is 5.73 Å². The predicted molar refractivity (Wildman–Crippen MR) is 95.7 cm³/mol. The van der Waals surface area contributed by atoms with Gasteiger partial charge < -0.3 is 15.8 Å². The van der Waals surface area contributed by atoms with Gasteiger partial charge in [-0.2, -0.15) is 0 Å². The molecule has 0 aliphatic carbocycles. The van der Waals surface area contributed by atoms with E-state index in [9.17, 15) is 9.59 Å². The van der Waals surface area contributed by atoms with Gasteiger partial charge >= 0.3 is 0 Å². The summed E-state index contributed by atoms with van der Waals surface area (Å²) in [6, 6.07) is 6.86. The van der Waals surface area contributed by atoms with Crippen LogP contribution in [0.2, 0.25) is 0 Å². The largest absolute Gasteiger partial charge is 0.379 e. The molecule has 0 radical (unpaired) electrons. The first-order valence-electron chi connectivity index (χ1n) is 8.08. The van der Waals surface area contributed by atoms with Crippen molar-refractivity contribution in [2.45, 2.75) is 0 Å². The quantitative estimate of drug-likeness (QED) is 0.800. The average Bonchev–Trinajstić information content (AvgIpc) is 3.13. The first-order chi connectivity index (χ1) is 12.1. The zero-order valence-electron chi connectivity index (χ0n) is 13.7. The molecule has 1 aliphatic rings. The van der Waals surface area contributed by atoms with Crippen molar-refractivity contribution in [3.8, 4) is 10.6 Å². The first kappa shape index (κ1) is 17.5. The van der Waals surface area contributed by atoms with Crippen molar-refractivity contribution in [1.82, 2.24) is 15.2 Å². The molecule has 7 nitrogen and oxygen atoms in total. The molecule has 8 heteroatoms. The summed E-state index contributed by atoms with van der Waals surface area (Å²) in [6.45, 7) is 4.72. The summed E-state index contributed by atoms with van der Waals surface area (Å²) >= 11 is 1.32. The zero-order valence-corrected chi connectivity index (χ0v) is 14.6. The molecule has 3 rings (SSSR count). The van der Waals surface area contributed by atoms with Crippen LogP contribution in [-0.2, 0) is 4.74 Å². The fraction of sp³-hybridized carbons (Fsp3) is 0.353. The average molecular weight is 360 g/mol. The lowest BCUT2D eigenvalue weighted by atomic mass is 10.1. The number of thiazole rings is 1. The SMILES string of the molecule is NC(=O)c1ccc(-c2ncc(C(=O)NCCN3CCOCC3)s2)cc1. The molecule has 25 heavy (non-hydrogen) atoms. The van der Waals surface area contributed by atoms with E-state index in [-0.39, 0.29) is 5.91 Å². The highest BCUT2D eigenvalue weighted by molar-refractivity contribution is 7.16. The molecule has 1 aromatic heterocycles. The standard InChI is InChI=1S/C17H20N4O3S/c18-15(22)12-1-3-13(4-2-12)17-20-11-14(25-17)16(23)19-5-6-21-7-9-24-10-8-21/h1-4,11H,5-10H2,(H2,18,22)(H,19,23). The van der Waals surface area contributed by atoms with Crippen LogP contribution in [0.15, 0.2) is 30.5 Å². The molecule has 0 atom stereocenters. The number of amides is 2. The van der Waals surface area contributed by atoms with Crippen LogP contribution in [-0.4, -0.2) is 61.1 Å². The van der Waals surface area contributed by atoms with Crippen LogP contribution in [0.25, 0.3) is 10.6 Å². The fourth-order valence-electron chi connectivity index (χ4n) is 2.53. The molecule has 2 aromatic rings. The van der Waals surface area contributed by atoms with Crippen LogP contribution >= 0.6 is 11.3 Å². The first-order valence-corrected chi connectivity index (χ1v) is 8.89. The third-order valence-corrected chi connectivity index (χ3v) is 5.01. The minimum atomic E-state index is -0.467. The molecule has 0 saturated carbocycles. The van der Waals surface area contributed by atoms with Crippen LogP contribution in [0.1, 0.15) is 20.0 Å². The Kier molecular flexibility index (Phi) is 5.75. The summed E-state index contributed by atoms with van der Waals surface area (Å²) in [6.07, 6.45) is 1.58. The van der Waals surface area contributed by atoms with Gasteiger partial charge in [-0.05, 0) is 12.1 Å². The van der Waals surface area contributed by atoms with Crippen molar-refractivity contribution in [2.75, 3.05) is 39.4 Å². The molecule has 1 fully saturated rings. The van der Waals surface area contributed by atoms with Crippen molar-refractivity contribution in [3.63, 3.8) is 0 Å². The Morgan fingerprint density at radius 2 is 1.96 bits per heavy atom. The van der Waals surface area contributed by atoms with E-state index in [2.05, 4.69) is 15.2 Å². The minimum Gasteiger partial charge on any atom is -0.379 e. The Morgan fingerprint density at radius 1 is 1.24 bits per heavy atom. The molecule has 0 bridgehead atoms. The number of nitrogens with one attached hydrogen (secondary N) is 1. The lowest BCUT2D eigenvalue weighted by Gasteiger charge is -2.26. The molecule has 0 unspecified atom stereocenters. The summed E-state index contributed by atoms with van der Waals surface area (Å²) < 4.78 is 5.30. The van der Waals surface area contributed by atoms with E-state index in [0.29, 0.717) is 17.0 Å². The normalized spacial score (nSPS) is 15.0. The number of nitrogens with zero attached hydrogens (tertiary/aromatic N) is 2. The fourth-order valence-corrected chi connectivity index (χ4v) is 3.37. The van der Waals surface area contributed by atoms with Crippen LogP contribution in [0, 0.1) is 0 Å². The lowest BCUT2D eigenvalue weighted by molar-refractivity contribution is 0.0383. The number of ether oxygens (including phenoxy) is 1. The van der Waals surface area contributed by atoms with Gasteiger partial charge in [0, 0.05) is 37.3 Å². The van der Waals surface area contributed by atoms with Crippen LogP contribution in [0.5, 0.6) is 0 Å². The van der Waals surface area contributed by atoms with Gasteiger partial charge in [-0.1, -0.05) is 12.1 Å². The van der Waals surface area contributed by atoms with Gasteiger partial charge in [-0.3, -0.25) is 14.5 Å². The molecule has 2 amide bonds. The third-order valence-electron chi connectivity index (χ3n) is 3.96. The number of rotatable bonds is 6. The minimum absolute atomic E-state index is 0.120. The molecule has 1 aromatic carbocycles. The summed E-state index contributed by atoms with van der Waals surface area (Å²) in [5.74, 6) is -0.586. The predicted octanol–water partition coefficient (Wildman–Crippen LogP) is 0.971. The maximum atomic E-state index is 12.2. The van der Waals surface area contributed by atoms with Gasteiger partial charge in [-0.25, -0.2) is 4.98 Å². The topological polar surface area (TPSA) is 97.6 Å². The monoisotopic (exact) mass is 360 g/mol. The highest BCUT2D eigenvalue weighted by atomic mass is 32.1. The van der Waals surface area contributed by atoms with Gasteiger partial charge in [0.25, 0.3) is 5.91 Å². The number of benzene rings is 1. The lowest BCUT2D eigenvalue weighted by Crippen LogP contribution is -2.41. The van der Waals surface area contributed by atoms with Crippen molar-refractivity contribution in [1.29, 1.82) is 0 Å². The van der Waals surface area contributed by atoms with Gasteiger partial charge in [0.2, 0.25) is 5.91 Å². The van der Waals surface area contributed by atoms with Gasteiger partial charge in [0.05, 0.1) is 19.4 Å². The summed E-state index contributed by atoms with van der Waals surface area (Å²) in [5, 5.41) is 3.65. The van der Waals surface area contributed by atoms with Gasteiger partial charge in [0.1, 0.15) is 9.88 Å². The van der Waals surface area contributed by atoms with E-state index >= 15 is 0 Å². The maximum Gasteiger partial charge on any atom is 0.263 e. The highest BCUT2D eigenvalue weighted by Gasteiger charge is 2.14. The van der Waals surface area contributed by atoms with Crippen molar-refractivity contribution < 1.29 is 14.3 Å². The second-order valence-electron chi connectivity index (χ2n) is 5.68. The molecule has 1 saturated heterocycles. The zero-order chi connectivity index (χ0) is 17.6. The van der Waals surface area contributed by atoms with Crippen molar-refractivity contribution >= 4 is 23.2 Å².